The Bertz CT molecular complexity index is 689. The number of nitrogens with zero attached hydrogens (tertiary/aromatic N) is 2. The molecule has 4 nitrogen and oxygen atoms in total. The van der Waals surface area contributed by atoms with Gasteiger partial charge in [0.1, 0.15) is 0 Å². The fourth-order valence-corrected chi connectivity index (χ4v) is 3.18. The lowest BCUT2D eigenvalue weighted by Crippen LogP contribution is -2.34. The van der Waals surface area contributed by atoms with Crippen molar-refractivity contribution < 1.29 is 4.79 Å². The molecule has 25 heavy (non-hydrogen) atoms. The van der Waals surface area contributed by atoms with E-state index in [0.29, 0.717) is 16.8 Å². The highest BCUT2D eigenvalue weighted by Crippen LogP contribution is 2.21. The second-order valence-corrected chi connectivity index (χ2v) is 7.71. The van der Waals surface area contributed by atoms with Gasteiger partial charge in [0.25, 0.3) is 0 Å². The Hall–Kier alpha value is -1.88. The third-order valence-corrected chi connectivity index (χ3v) is 4.67. The standard InChI is InChI=1S/C20H27N3OS/c1-14(2)10-11-15(3)21-19(24)13-25-20-22-16(4)12-18(23-20)17-8-6-5-7-9-17/h5-9,12,14-15H,10-11,13H2,1-4H3,(H,21,24). The van der Waals surface area contributed by atoms with Crippen molar-refractivity contribution in [1.29, 1.82) is 0 Å². The maximum atomic E-state index is 12.1. The van der Waals surface area contributed by atoms with Gasteiger partial charge in [0.05, 0.1) is 11.4 Å². The van der Waals surface area contributed by atoms with Gasteiger partial charge in [-0.2, -0.15) is 0 Å². The van der Waals surface area contributed by atoms with Gasteiger partial charge in [-0.05, 0) is 38.7 Å². The Labute approximate surface area is 154 Å². The molecule has 1 heterocycles. The topological polar surface area (TPSA) is 54.9 Å². The predicted molar refractivity (Wildman–Crippen MR) is 105 cm³/mol. The number of amides is 1. The molecular weight excluding hydrogens is 330 g/mol. The van der Waals surface area contributed by atoms with Crippen molar-refractivity contribution in [2.45, 2.75) is 51.7 Å². The van der Waals surface area contributed by atoms with E-state index in [9.17, 15) is 4.79 Å². The Morgan fingerprint density at radius 2 is 1.84 bits per heavy atom. The fraction of sp³-hybridized carbons (Fsp3) is 0.450. The van der Waals surface area contributed by atoms with Gasteiger partial charge in [-0.1, -0.05) is 55.9 Å². The van der Waals surface area contributed by atoms with Crippen LogP contribution in [0.2, 0.25) is 0 Å². The number of carbonyl (C=O) groups is 1. The Morgan fingerprint density at radius 1 is 1.12 bits per heavy atom. The van der Waals surface area contributed by atoms with Gasteiger partial charge in [-0.25, -0.2) is 9.97 Å². The van der Waals surface area contributed by atoms with Crippen LogP contribution in [-0.4, -0.2) is 27.7 Å². The molecule has 2 rings (SSSR count). The van der Waals surface area contributed by atoms with Crippen LogP contribution in [0.15, 0.2) is 41.6 Å². The molecule has 1 amide bonds. The third kappa shape index (κ3) is 6.86. The number of aromatic nitrogens is 2. The number of aryl methyl sites for hydroxylation is 1. The van der Waals surface area contributed by atoms with Crippen LogP contribution in [0.1, 0.15) is 39.3 Å². The van der Waals surface area contributed by atoms with Crippen molar-refractivity contribution in [2.24, 2.45) is 5.92 Å². The van der Waals surface area contributed by atoms with Gasteiger partial charge in [-0.15, -0.1) is 0 Å². The Kier molecular flexibility index (Phi) is 7.44. The van der Waals surface area contributed by atoms with Crippen LogP contribution >= 0.6 is 11.8 Å². The molecule has 1 unspecified atom stereocenters. The van der Waals surface area contributed by atoms with Crippen LogP contribution in [0, 0.1) is 12.8 Å². The number of hydrogen-bond donors (Lipinski definition) is 1. The summed E-state index contributed by atoms with van der Waals surface area (Å²) < 4.78 is 0. The van der Waals surface area contributed by atoms with Gasteiger partial charge in [0, 0.05) is 17.3 Å². The first-order valence-corrected chi connectivity index (χ1v) is 9.76. The van der Waals surface area contributed by atoms with Crippen LogP contribution in [-0.2, 0) is 4.79 Å². The number of carbonyl (C=O) groups excluding carboxylic acids is 1. The lowest BCUT2D eigenvalue weighted by atomic mass is 10.0. The SMILES string of the molecule is Cc1cc(-c2ccccc2)nc(SCC(=O)NC(C)CCC(C)C)n1. The summed E-state index contributed by atoms with van der Waals surface area (Å²) in [6.45, 7) is 8.40. The van der Waals surface area contributed by atoms with Gasteiger partial charge in [-0.3, -0.25) is 4.79 Å². The normalized spacial score (nSPS) is 12.2. The summed E-state index contributed by atoms with van der Waals surface area (Å²) in [5.74, 6) is 1.03. The minimum atomic E-state index is 0.0348. The average Bonchev–Trinajstić information content (AvgIpc) is 2.58. The Balaban J connectivity index is 1.92. The minimum Gasteiger partial charge on any atom is -0.353 e. The van der Waals surface area contributed by atoms with E-state index in [1.807, 2.05) is 43.3 Å². The van der Waals surface area contributed by atoms with Crippen molar-refractivity contribution in [3.8, 4) is 11.3 Å². The quantitative estimate of drug-likeness (QED) is 0.559. The van der Waals surface area contributed by atoms with Crippen LogP contribution in [0.25, 0.3) is 11.3 Å². The summed E-state index contributed by atoms with van der Waals surface area (Å²) in [6, 6.07) is 12.2. The second-order valence-electron chi connectivity index (χ2n) is 6.77. The molecule has 1 aromatic heterocycles. The van der Waals surface area contributed by atoms with E-state index in [4.69, 9.17) is 0 Å². The molecule has 0 spiro atoms. The molecule has 0 saturated carbocycles. The first-order chi connectivity index (χ1) is 11.9. The van der Waals surface area contributed by atoms with Gasteiger partial charge >= 0.3 is 0 Å². The van der Waals surface area contributed by atoms with Gasteiger partial charge in [0.2, 0.25) is 5.91 Å². The first kappa shape index (κ1) is 19.4. The van der Waals surface area contributed by atoms with E-state index in [2.05, 4.69) is 36.1 Å². The smallest absolute Gasteiger partial charge is 0.230 e. The van der Waals surface area contributed by atoms with Gasteiger partial charge in [0.15, 0.2) is 5.16 Å². The second kappa shape index (κ2) is 9.56. The molecule has 0 aliphatic rings. The highest BCUT2D eigenvalue weighted by molar-refractivity contribution is 7.99. The summed E-state index contributed by atoms with van der Waals surface area (Å²) in [4.78, 5) is 21.2. The van der Waals surface area contributed by atoms with E-state index < -0.39 is 0 Å². The number of thioether (sulfide) groups is 1. The maximum absolute atomic E-state index is 12.1. The molecule has 0 fully saturated rings. The van der Waals surface area contributed by atoms with E-state index in [-0.39, 0.29) is 11.9 Å². The largest absolute Gasteiger partial charge is 0.353 e. The highest BCUT2D eigenvalue weighted by Gasteiger charge is 2.11. The van der Waals surface area contributed by atoms with Crippen LogP contribution in [0.5, 0.6) is 0 Å². The van der Waals surface area contributed by atoms with Crippen molar-refractivity contribution in [2.75, 3.05) is 5.75 Å². The first-order valence-electron chi connectivity index (χ1n) is 8.77. The van der Waals surface area contributed by atoms with E-state index in [1.54, 1.807) is 0 Å². The van der Waals surface area contributed by atoms with Crippen LogP contribution < -0.4 is 5.32 Å². The zero-order valence-electron chi connectivity index (χ0n) is 15.5. The van der Waals surface area contributed by atoms with E-state index in [0.717, 1.165) is 29.8 Å². The van der Waals surface area contributed by atoms with Crippen molar-refractivity contribution >= 4 is 17.7 Å². The monoisotopic (exact) mass is 357 g/mol. The highest BCUT2D eigenvalue weighted by atomic mass is 32.2. The lowest BCUT2D eigenvalue weighted by molar-refractivity contribution is -0.119. The number of nitrogens with one attached hydrogen (secondary N) is 1. The summed E-state index contributed by atoms with van der Waals surface area (Å²) >= 11 is 1.38. The van der Waals surface area contributed by atoms with Crippen molar-refractivity contribution in [3.05, 3.63) is 42.1 Å². The summed E-state index contributed by atoms with van der Waals surface area (Å²) in [6.07, 6.45) is 2.13. The molecular formula is C20H27N3OS. The van der Waals surface area contributed by atoms with Gasteiger partial charge < -0.3 is 5.32 Å². The fourth-order valence-electron chi connectivity index (χ4n) is 2.46. The van der Waals surface area contributed by atoms with Crippen LogP contribution in [0.3, 0.4) is 0 Å². The van der Waals surface area contributed by atoms with E-state index in [1.165, 1.54) is 11.8 Å². The third-order valence-electron chi connectivity index (χ3n) is 3.82. The predicted octanol–water partition coefficient (Wildman–Crippen LogP) is 4.49. The number of rotatable bonds is 8. The number of hydrogen-bond acceptors (Lipinski definition) is 4. The molecule has 0 aliphatic heterocycles. The molecule has 1 aromatic carbocycles. The molecule has 5 heteroatoms. The summed E-state index contributed by atoms with van der Waals surface area (Å²) in [5, 5.41) is 3.69. The Morgan fingerprint density at radius 3 is 2.52 bits per heavy atom. The van der Waals surface area contributed by atoms with Crippen LogP contribution in [0.4, 0.5) is 0 Å². The van der Waals surface area contributed by atoms with Crippen molar-refractivity contribution in [3.63, 3.8) is 0 Å². The molecule has 1 N–H and O–H groups in total. The molecule has 1 atom stereocenters. The van der Waals surface area contributed by atoms with Crippen molar-refractivity contribution in [1.82, 2.24) is 15.3 Å². The minimum absolute atomic E-state index is 0.0348. The summed E-state index contributed by atoms with van der Waals surface area (Å²) in [7, 11) is 0. The zero-order chi connectivity index (χ0) is 18.2. The molecule has 134 valence electrons. The number of benzene rings is 1. The summed E-state index contributed by atoms with van der Waals surface area (Å²) in [5.41, 5.74) is 2.85. The molecule has 0 radical (unpaired) electrons. The van der Waals surface area contributed by atoms with E-state index >= 15 is 0 Å². The molecule has 2 aromatic rings. The maximum Gasteiger partial charge on any atom is 0.230 e. The zero-order valence-corrected chi connectivity index (χ0v) is 16.3. The average molecular weight is 358 g/mol. The molecule has 0 aliphatic carbocycles. The molecule has 0 saturated heterocycles. The molecule has 0 bridgehead atoms. The lowest BCUT2D eigenvalue weighted by Gasteiger charge is -2.14.